The molecule has 9 nitrogen and oxygen atoms in total. The minimum Gasteiger partial charge on any atom is -0.386 e. The Hall–Kier alpha value is -3.40. The number of benzene rings is 1. The maximum atomic E-state index is 10.4. The summed E-state index contributed by atoms with van der Waals surface area (Å²) in [6.07, 6.45) is 3.52. The fourth-order valence-electron chi connectivity index (χ4n) is 2.86. The van der Waals surface area contributed by atoms with E-state index in [1.807, 2.05) is 0 Å². The average Bonchev–Trinajstić information content (AvgIpc) is 3.38. The predicted molar refractivity (Wildman–Crippen MR) is 108 cm³/mol. The van der Waals surface area contributed by atoms with E-state index in [2.05, 4.69) is 36.6 Å². The van der Waals surface area contributed by atoms with Gasteiger partial charge in [0, 0.05) is 11.6 Å². The van der Waals surface area contributed by atoms with Gasteiger partial charge in [-0.3, -0.25) is 0 Å². The monoisotopic (exact) mass is 408 g/mol. The molecule has 1 fully saturated rings. The predicted octanol–water partition coefficient (Wildman–Crippen LogP) is 3.75. The van der Waals surface area contributed by atoms with Gasteiger partial charge in [-0.2, -0.15) is 10.2 Å². The Labute approximate surface area is 171 Å². The first-order chi connectivity index (χ1) is 13.8. The van der Waals surface area contributed by atoms with Crippen molar-refractivity contribution < 1.29 is 5.11 Å². The van der Waals surface area contributed by atoms with Gasteiger partial charge < -0.3 is 20.6 Å². The zero-order valence-electron chi connectivity index (χ0n) is 15.7. The maximum absolute atomic E-state index is 10.4. The molecule has 2 aromatic heterocycles. The van der Waals surface area contributed by atoms with Gasteiger partial charge >= 0.3 is 0 Å². The molecule has 4 rings (SSSR count). The lowest BCUT2D eigenvalue weighted by molar-refractivity contribution is 0.0787. The number of anilines is 3. The van der Waals surface area contributed by atoms with E-state index in [9.17, 15) is 10.4 Å². The number of hydrogen-bond donors (Lipinski definition) is 3. The highest BCUT2D eigenvalue weighted by Crippen LogP contribution is 2.36. The minimum absolute atomic E-state index is 0.183. The Morgan fingerprint density at radius 1 is 1.41 bits per heavy atom. The summed E-state index contributed by atoms with van der Waals surface area (Å²) in [6.45, 7) is 10.5. The van der Waals surface area contributed by atoms with Gasteiger partial charge in [-0.05, 0) is 38.8 Å². The summed E-state index contributed by atoms with van der Waals surface area (Å²) in [6, 6.07) is 5.49. The fourth-order valence-corrected chi connectivity index (χ4v) is 3.25. The summed E-state index contributed by atoms with van der Waals surface area (Å²) in [5.41, 5.74) is 0.330. The van der Waals surface area contributed by atoms with Gasteiger partial charge in [-0.25, -0.2) is 4.98 Å². The van der Waals surface area contributed by atoms with E-state index in [4.69, 9.17) is 18.2 Å². The van der Waals surface area contributed by atoms with Crippen LogP contribution in [0.3, 0.4) is 0 Å². The molecular formula is C19H17ClN8O. The summed E-state index contributed by atoms with van der Waals surface area (Å²) in [5, 5.41) is 30.7. The molecule has 29 heavy (non-hydrogen) atoms. The molecular weight excluding hydrogens is 392 g/mol. The Morgan fingerprint density at radius 3 is 2.79 bits per heavy atom. The Morgan fingerprint density at radius 2 is 2.17 bits per heavy atom. The van der Waals surface area contributed by atoms with Crippen molar-refractivity contribution >= 4 is 40.5 Å². The highest BCUT2D eigenvalue weighted by atomic mass is 35.5. The molecule has 0 amide bonds. The summed E-state index contributed by atoms with van der Waals surface area (Å²) in [7, 11) is 0. The first-order valence-corrected chi connectivity index (χ1v) is 9.31. The van der Waals surface area contributed by atoms with Crippen LogP contribution in [0.1, 0.15) is 37.8 Å². The number of aliphatic hydroxyl groups is 1. The van der Waals surface area contributed by atoms with Crippen LogP contribution in [-0.2, 0) is 5.60 Å². The van der Waals surface area contributed by atoms with Crippen LogP contribution in [0.4, 0.5) is 23.3 Å². The number of nitrogens with one attached hydrogen (secondary N) is 2. The zero-order chi connectivity index (χ0) is 20.8. The zero-order valence-corrected chi connectivity index (χ0v) is 16.5. The SMILES string of the molecule is [C-]#[N+]c1cnc2c(NC3CC3)nc(Nc3cc(C#N)cc(C(C)(C)O)c3Cl)nn12. The van der Waals surface area contributed by atoms with E-state index >= 15 is 0 Å². The molecule has 2 heterocycles. The highest BCUT2D eigenvalue weighted by molar-refractivity contribution is 6.34. The molecule has 10 heteroatoms. The fraction of sp³-hybridized carbons (Fsp3) is 0.316. The second-order valence-corrected chi connectivity index (χ2v) is 7.73. The number of imidazole rings is 1. The number of hydrogen-bond acceptors (Lipinski definition) is 7. The van der Waals surface area contributed by atoms with Crippen LogP contribution < -0.4 is 10.6 Å². The molecule has 3 aromatic rings. The van der Waals surface area contributed by atoms with Crippen LogP contribution in [0.5, 0.6) is 0 Å². The van der Waals surface area contributed by atoms with Gasteiger partial charge in [-0.1, -0.05) is 23.3 Å². The third-order valence-corrected chi connectivity index (χ3v) is 4.89. The molecule has 0 unspecified atom stereocenters. The number of nitrogens with zero attached hydrogens (tertiary/aromatic N) is 6. The topological polar surface area (TPSA) is 116 Å². The quantitative estimate of drug-likeness (QED) is 0.550. The number of rotatable bonds is 5. The van der Waals surface area contributed by atoms with Crippen LogP contribution in [0.2, 0.25) is 5.02 Å². The summed E-state index contributed by atoms with van der Waals surface area (Å²) in [5.74, 6) is 0.941. The minimum atomic E-state index is -1.24. The third kappa shape index (κ3) is 3.66. The first-order valence-electron chi connectivity index (χ1n) is 8.93. The van der Waals surface area contributed by atoms with Gasteiger partial charge in [-0.15, -0.1) is 4.52 Å². The van der Waals surface area contributed by atoms with Crippen molar-refractivity contribution in [1.82, 2.24) is 19.6 Å². The van der Waals surface area contributed by atoms with Gasteiger partial charge in [0.2, 0.25) is 0 Å². The van der Waals surface area contributed by atoms with Crippen molar-refractivity contribution in [3.63, 3.8) is 0 Å². The van der Waals surface area contributed by atoms with Crippen molar-refractivity contribution in [2.75, 3.05) is 10.6 Å². The van der Waals surface area contributed by atoms with Crippen molar-refractivity contribution in [3.8, 4) is 6.07 Å². The molecule has 1 aliphatic carbocycles. The molecule has 0 spiro atoms. The van der Waals surface area contributed by atoms with Crippen LogP contribution in [0, 0.1) is 17.9 Å². The molecule has 3 N–H and O–H groups in total. The molecule has 0 bridgehead atoms. The highest BCUT2D eigenvalue weighted by Gasteiger charge is 2.26. The number of aromatic nitrogens is 4. The Balaban J connectivity index is 1.82. The first kappa shape index (κ1) is 18.9. The Bertz CT molecular complexity index is 1190. The largest absolute Gasteiger partial charge is 0.386 e. The van der Waals surface area contributed by atoms with Crippen molar-refractivity contribution in [2.24, 2.45) is 0 Å². The summed E-state index contributed by atoms with van der Waals surface area (Å²) in [4.78, 5) is 12.2. The third-order valence-electron chi connectivity index (χ3n) is 4.48. The molecule has 0 radical (unpaired) electrons. The normalized spacial score (nSPS) is 13.7. The van der Waals surface area contributed by atoms with Gasteiger partial charge in [0.05, 0.1) is 34.1 Å². The molecule has 146 valence electrons. The van der Waals surface area contributed by atoms with E-state index in [1.54, 1.807) is 26.0 Å². The van der Waals surface area contributed by atoms with Crippen LogP contribution in [-0.4, -0.2) is 30.7 Å². The lowest BCUT2D eigenvalue weighted by atomic mass is 9.95. The van der Waals surface area contributed by atoms with Gasteiger partial charge in [0.1, 0.15) is 0 Å². The van der Waals surface area contributed by atoms with Crippen molar-refractivity contribution in [2.45, 2.75) is 38.3 Å². The molecule has 1 saturated carbocycles. The standard InChI is InChI=1S/C19H17ClN8O/c1-19(2,29)12-6-10(8-21)7-13(15(12)20)25-18-26-16(24-11-4-5-11)17-23-9-14(22-3)28(17)27-18/h6-7,9,11,29H,4-5H2,1-2H3,(H2,24,25,26,27). The molecule has 1 aromatic carbocycles. The average molecular weight is 409 g/mol. The molecule has 0 atom stereocenters. The van der Waals surface area contributed by atoms with Crippen molar-refractivity contribution in [3.05, 3.63) is 45.9 Å². The number of halogens is 1. The van der Waals surface area contributed by atoms with E-state index < -0.39 is 5.60 Å². The lowest BCUT2D eigenvalue weighted by Crippen LogP contribution is -2.17. The van der Waals surface area contributed by atoms with Crippen molar-refractivity contribution in [1.29, 1.82) is 5.26 Å². The lowest BCUT2D eigenvalue weighted by Gasteiger charge is -2.21. The second-order valence-electron chi connectivity index (χ2n) is 7.35. The molecule has 0 aliphatic heterocycles. The Kier molecular flexibility index (Phi) is 4.50. The maximum Gasteiger partial charge on any atom is 0.275 e. The summed E-state index contributed by atoms with van der Waals surface area (Å²) < 4.78 is 1.41. The van der Waals surface area contributed by atoms with Crippen LogP contribution in [0.25, 0.3) is 10.5 Å². The van der Waals surface area contributed by atoms with Gasteiger partial charge in [0.15, 0.2) is 5.82 Å². The van der Waals surface area contributed by atoms with E-state index in [0.717, 1.165) is 12.8 Å². The van der Waals surface area contributed by atoms with Crippen LogP contribution in [0.15, 0.2) is 18.3 Å². The van der Waals surface area contributed by atoms with E-state index in [0.29, 0.717) is 34.3 Å². The van der Waals surface area contributed by atoms with Gasteiger partial charge in [0.25, 0.3) is 17.4 Å². The number of fused-ring (bicyclic) bond motifs is 1. The summed E-state index contributed by atoms with van der Waals surface area (Å²) >= 11 is 6.49. The molecule has 0 saturated heterocycles. The smallest absolute Gasteiger partial charge is 0.275 e. The van der Waals surface area contributed by atoms with E-state index in [-0.39, 0.29) is 16.8 Å². The molecule has 1 aliphatic rings. The number of nitriles is 1. The van der Waals surface area contributed by atoms with E-state index in [1.165, 1.54) is 10.7 Å². The van der Waals surface area contributed by atoms with Crippen LogP contribution >= 0.6 is 11.6 Å². The second kappa shape index (κ2) is 6.89.